The van der Waals surface area contributed by atoms with Crippen molar-refractivity contribution >= 4 is 58.0 Å². The second-order valence-corrected chi connectivity index (χ2v) is 21.6. The maximum atomic E-state index is 17.6. The summed E-state index contributed by atoms with van der Waals surface area (Å²) >= 11 is 0. The van der Waals surface area contributed by atoms with Crippen LogP contribution in [0.3, 0.4) is 0 Å². The van der Waals surface area contributed by atoms with Gasteiger partial charge in [-0.05, 0) is 57.2 Å². The predicted octanol–water partition coefficient (Wildman–Crippen LogP) is 6.91. The van der Waals surface area contributed by atoms with Crippen LogP contribution < -0.4 is 9.64 Å². The van der Waals surface area contributed by atoms with Gasteiger partial charge in [-0.1, -0.05) is 31.6 Å². The quantitative estimate of drug-likeness (QED) is 0.0789. The SMILES string of the molecule is COCOc1cc(-c2c(F)c3nc(S(C)=O)nc(N4CC5CCC(C4)N5C(=O)OC(C)(C)C)c3c3cncn23)c2c(C#C[Si](C)(C)C)c(F)ccc2c1. The van der Waals surface area contributed by atoms with E-state index >= 15 is 8.78 Å². The lowest BCUT2D eigenvalue weighted by molar-refractivity contribution is 0.0122. The van der Waals surface area contributed by atoms with Gasteiger partial charge in [-0.3, -0.25) is 13.5 Å². The first-order valence-corrected chi connectivity index (χ1v) is 22.5. The second-order valence-electron chi connectivity index (χ2n) is 15.5. The fourth-order valence-corrected chi connectivity index (χ4v) is 8.11. The molecule has 53 heavy (non-hydrogen) atoms. The van der Waals surface area contributed by atoms with Gasteiger partial charge in [-0.15, -0.1) is 5.54 Å². The third-order valence-corrected chi connectivity index (χ3v) is 10.8. The number of hydrogen-bond acceptors (Lipinski definition) is 9. The molecule has 15 heteroatoms. The molecule has 7 rings (SSSR count). The van der Waals surface area contributed by atoms with Crippen molar-refractivity contribution < 1.29 is 32.0 Å². The van der Waals surface area contributed by atoms with Crippen molar-refractivity contribution in [1.29, 1.82) is 0 Å². The monoisotopic (exact) mass is 760 g/mol. The Hall–Kier alpha value is -4.65. The van der Waals surface area contributed by atoms with Crippen molar-refractivity contribution in [1.82, 2.24) is 24.3 Å². The Bertz CT molecular complexity index is 2370. The van der Waals surface area contributed by atoms with Crippen LogP contribution in [0, 0.1) is 23.1 Å². The number of fused-ring (bicyclic) bond motifs is 6. The molecular formula is C38H42F2N6O5SSi. The lowest BCUT2D eigenvalue weighted by Gasteiger charge is -2.42. The molecule has 0 saturated carbocycles. The van der Waals surface area contributed by atoms with Gasteiger partial charge in [0.1, 0.15) is 36.6 Å². The number of imidazole rings is 1. The van der Waals surface area contributed by atoms with Crippen LogP contribution in [0.25, 0.3) is 38.4 Å². The minimum Gasteiger partial charge on any atom is -0.468 e. The molecule has 3 atom stereocenters. The molecule has 0 radical (unpaired) electrons. The Morgan fingerprint density at radius 1 is 1.08 bits per heavy atom. The van der Waals surface area contributed by atoms with Crippen molar-refractivity contribution in [2.75, 3.05) is 38.1 Å². The van der Waals surface area contributed by atoms with Crippen LogP contribution in [0.5, 0.6) is 5.75 Å². The van der Waals surface area contributed by atoms with Crippen LogP contribution in [0.4, 0.5) is 19.4 Å². The van der Waals surface area contributed by atoms with Gasteiger partial charge >= 0.3 is 6.09 Å². The summed E-state index contributed by atoms with van der Waals surface area (Å²) in [7, 11) is -2.14. The van der Waals surface area contributed by atoms with E-state index in [9.17, 15) is 9.00 Å². The van der Waals surface area contributed by atoms with Crippen LogP contribution in [-0.4, -0.2) is 93.6 Å². The summed E-state index contributed by atoms with van der Waals surface area (Å²) in [5.74, 6) is 2.58. The average molecular weight is 761 g/mol. The van der Waals surface area contributed by atoms with Gasteiger partial charge in [0.05, 0.1) is 57.6 Å². The van der Waals surface area contributed by atoms with Gasteiger partial charge in [0, 0.05) is 37.4 Å². The molecule has 2 saturated heterocycles. The summed E-state index contributed by atoms with van der Waals surface area (Å²) in [5, 5.41) is 1.32. The van der Waals surface area contributed by atoms with Crippen LogP contribution in [0.1, 0.15) is 39.2 Å². The van der Waals surface area contributed by atoms with E-state index in [4.69, 9.17) is 19.2 Å². The van der Waals surface area contributed by atoms with Crippen molar-refractivity contribution in [3.05, 3.63) is 54.0 Å². The average Bonchev–Trinajstić information content (AvgIpc) is 3.67. The number of benzene rings is 2. The van der Waals surface area contributed by atoms with Crippen molar-refractivity contribution in [2.45, 2.75) is 76.1 Å². The molecule has 2 bridgehead atoms. The van der Waals surface area contributed by atoms with E-state index < -0.39 is 36.1 Å². The highest BCUT2D eigenvalue weighted by Gasteiger charge is 2.45. The lowest BCUT2D eigenvalue weighted by atomic mass is 9.95. The van der Waals surface area contributed by atoms with E-state index in [0.717, 1.165) is 12.8 Å². The van der Waals surface area contributed by atoms with Crippen LogP contribution >= 0.6 is 0 Å². The molecule has 3 aromatic heterocycles. The summed E-state index contributed by atoms with van der Waals surface area (Å²) in [4.78, 5) is 30.8. The van der Waals surface area contributed by atoms with Crippen LogP contribution in [0.2, 0.25) is 19.6 Å². The normalized spacial score (nSPS) is 18.1. The standard InChI is InChI=1S/C38H42F2N6O5SSi/c1-38(2,3)51-37(47)46-23-10-11-24(46)19-44(18-23)35-31-29-17-41-20-45(29)34(32(40)33(31)42-36(43-35)52(5)48)27-16-25(50-21-49-4)15-22-9-12-28(39)26(30(22)27)13-14-53(6,7)8/h9,12,15-17,20,23-24H,10-11,18-19,21H2,1-8H3. The number of pyridine rings is 1. The van der Waals surface area contributed by atoms with Gasteiger partial charge in [-0.2, -0.15) is 0 Å². The molecule has 5 heterocycles. The topological polar surface area (TPSA) is 111 Å². The van der Waals surface area contributed by atoms with Gasteiger partial charge in [0.25, 0.3) is 0 Å². The van der Waals surface area contributed by atoms with Gasteiger partial charge in [0.15, 0.2) is 12.6 Å². The molecule has 278 valence electrons. The first-order valence-electron chi connectivity index (χ1n) is 17.4. The summed E-state index contributed by atoms with van der Waals surface area (Å²) in [6.07, 6.45) is 5.72. The molecule has 1 amide bonds. The number of ether oxygens (including phenoxy) is 3. The van der Waals surface area contributed by atoms with Crippen molar-refractivity contribution in [3.63, 3.8) is 0 Å². The van der Waals surface area contributed by atoms with Crippen LogP contribution in [0.15, 0.2) is 41.9 Å². The van der Waals surface area contributed by atoms with Gasteiger partial charge in [-0.25, -0.2) is 28.5 Å². The Labute approximate surface area is 310 Å². The molecule has 0 N–H and O–H groups in total. The summed E-state index contributed by atoms with van der Waals surface area (Å²) < 4.78 is 64.8. The number of carbonyl (C=O) groups is 1. The largest absolute Gasteiger partial charge is 0.468 e. The minimum absolute atomic E-state index is 0.0436. The Morgan fingerprint density at radius 3 is 2.43 bits per heavy atom. The van der Waals surface area contributed by atoms with Gasteiger partial charge < -0.3 is 19.1 Å². The van der Waals surface area contributed by atoms with E-state index in [1.54, 1.807) is 28.8 Å². The summed E-state index contributed by atoms with van der Waals surface area (Å²) in [5.41, 5.74) is 3.54. The first kappa shape index (κ1) is 36.7. The number of piperazine rings is 1. The predicted molar refractivity (Wildman–Crippen MR) is 203 cm³/mol. The molecule has 11 nitrogen and oxygen atoms in total. The molecule has 2 fully saturated rings. The van der Waals surface area contributed by atoms with E-state index in [2.05, 4.69) is 41.1 Å². The highest BCUT2D eigenvalue weighted by atomic mass is 32.2. The van der Waals surface area contributed by atoms with E-state index in [1.807, 2.05) is 30.6 Å². The molecule has 0 aliphatic carbocycles. The first-order chi connectivity index (χ1) is 25.0. The number of nitrogens with zero attached hydrogens (tertiary/aromatic N) is 6. The number of anilines is 1. The number of hydrogen-bond donors (Lipinski definition) is 0. The number of carbonyl (C=O) groups excluding carboxylic acids is 1. The number of rotatable bonds is 6. The number of aromatic nitrogens is 4. The maximum Gasteiger partial charge on any atom is 0.410 e. The lowest BCUT2D eigenvalue weighted by Crippen LogP contribution is -2.57. The third-order valence-electron chi connectivity index (χ3n) is 9.27. The molecule has 5 aromatic rings. The highest BCUT2D eigenvalue weighted by molar-refractivity contribution is 7.84. The Balaban J connectivity index is 1.48. The fourth-order valence-electron chi connectivity index (χ4n) is 7.18. The summed E-state index contributed by atoms with van der Waals surface area (Å²) in [6.45, 7) is 12.5. The second kappa shape index (κ2) is 13.6. The zero-order chi connectivity index (χ0) is 38.0. The maximum absolute atomic E-state index is 17.6. The van der Waals surface area contributed by atoms with Crippen molar-refractivity contribution in [2.24, 2.45) is 0 Å². The molecule has 3 unspecified atom stereocenters. The van der Waals surface area contributed by atoms with E-state index in [0.29, 0.717) is 51.9 Å². The number of methoxy groups -OCH3 is 1. The fraction of sp³-hybridized carbons (Fsp3) is 0.421. The minimum atomic E-state index is -1.96. The highest BCUT2D eigenvalue weighted by Crippen LogP contribution is 2.43. The summed E-state index contributed by atoms with van der Waals surface area (Å²) in [6, 6.07) is 6.01. The molecule has 2 aromatic carbocycles. The Kier molecular flexibility index (Phi) is 9.44. The van der Waals surface area contributed by atoms with E-state index in [-0.39, 0.29) is 46.9 Å². The van der Waals surface area contributed by atoms with Crippen LogP contribution in [-0.2, 0) is 20.3 Å². The van der Waals surface area contributed by atoms with Gasteiger partial charge in [0.2, 0.25) is 5.16 Å². The smallest absolute Gasteiger partial charge is 0.410 e. The van der Waals surface area contributed by atoms with E-state index in [1.165, 1.54) is 25.8 Å². The van der Waals surface area contributed by atoms with Crippen molar-refractivity contribution in [3.8, 4) is 28.5 Å². The third kappa shape index (κ3) is 6.95. The molecule has 2 aliphatic rings. The molecule has 0 spiro atoms. The number of halogens is 2. The zero-order valence-corrected chi connectivity index (χ0v) is 32.9. The molecule has 2 aliphatic heterocycles. The Morgan fingerprint density at radius 2 is 1.79 bits per heavy atom. The molecular weight excluding hydrogens is 719 g/mol. The number of amides is 1. The zero-order valence-electron chi connectivity index (χ0n) is 31.0.